The fourth-order valence-electron chi connectivity index (χ4n) is 14.0. The second-order valence-corrected chi connectivity index (χ2v) is 25.3. The van der Waals surface area contributed by atoms with E-state index in [9.17, 15) is 0 Å². The highest BCUT2D eigenvalue weighted by Crippen LogP contribution is 2.47. The third-order valence-electron chi connectivity index (χ3n) is 18.8. The molecule has 404 valence electrons. The topological polar surface area (TPSA) is 8.82 Å². The van der Waals surface area contributed by atoms with Crippen molar-refractivity contribution in [1.29, 1.82) is 0 Å². The van der Waals surface area contributed by atoms with E-state index < -0.39 is 0 Å². The summed E-state index contributed by atoms with van der Waals surface area (Å²) in [5.41, 5.74) is 20.9. The Bertz CT molecular complexity index is 5190. The summed E-state index contributed by atoms with van der Waals surface area (Å²) in [5.74, 6) is 2.02. The highest BCUT2D eigenvalue weighted by Gasteiger charge is 2.23. The van der Waals surface area contributed by atoms with Crippen molar-refractivity contribution < 1.29 is 0 Å². The lowest BCUT2D eigenvalue weighted by atomic mass is 9.95. The van der Waals surface area contributed by atoms with Crippen molar-refractivity contribution in [3.05, 3.63) is 253 Å². The van der Waals surface area contributed by atoms with E-state index in [4.69, 9.17) is 0 Å². The fraction of sp³-hybridized carbons (Fsp3) is 0.146. The van der Waals surface area contributed by atoms with E-state index in [1.165, 1.54) is 175 Å². The third kappa shape index (κ3) is 7.91. The average molecular weight is 1080 g/mol. The minimum absolute atomic E-state index is 0.499. The van der Waals surface area contributed by atoms with E-state index in [0.29, 0.717) is 23.7 Å². The maximum Gasteiger partial charge on any atom is 0.0620 e. The lowest BCUT2D eigenvalue weighted by Crippen LogP contribution is -1.88. The molecule has 13 aromatic carbocycles. The first-order valence-corrected chi connectivity index (χ1v) is 30.4. The van der Waals surface area contributed by atoms with Crippen LogP contribution >= 0.6 is 0 Å². The van der Waals surface area contributed by atoms with Crippen molar-refractivity contribution in [3.63, 3.8) is 0 Å². The Morgan fingerprint density at radius 2 is 0.452 bits per heavy atom. The van der Waals surface area contributed by atoms with Crippen molar-refractivity contribution in [2.45, 2.75) is 79.1 Å². The fourth-order valence-corrected chi connectivity index (χ4v) is 14.0. The first-order valence-electron chi connectivity index (χ1n) is 30.4. The molecule has 0 fully saturated rings. The quantitative estimate of drug-likeness (QED) is 0.150. The van der Waals surface area contributed by atoms with Crippen LogP contribution in [0.2, 0.25) is 0 Å². The molecule has 0 spiro atoms. The smallest absolute Gasteiger partial charge is 0.0620 e. The summed E-state index contributed by atoms with van der Waals surface area (Å²) in [7, 11) is 0. The first-order chi connectivity index (χ1) is 40.9. The summed E-state index contributed by atoms with van der Waals surface area (Å²) in [6, 6.07) is 87.5. The van der Waals surface area contributed by atoms with Crippen LogP contribution in [0.1, 0.15) is 101 Å². The van der Waals surface area contributed by atoms with Crippen LogP contribution in [0.25, 0.3) is 153 Å². The minimum Gasteiger partial charge on any atom is -0.308 e. The lowest BCUT2D eigenvalue weighted by molar-refractivity contribution is 0.869. The van der Waals surface area contributed by atoms with Crippen LogP contribution in [0.15, 0.2) is 231 Å². The van der Waals surface area contributed by atoms with Gasteiger partial charge in [-0.1, -0.05) is 213 Å². The number of aromatic nitrogens is 2. The standard InChI is InChI=1S/C44H35N.C38H31N/c1-26(2)31-14-16-33-24-42-38(20-35(33)18-31)40-22-37(30-12-10-29(11-13-30)28-8-6-5-7-9-28)23-41-39-21-36-19-32(27(3)4)15-17-34(36)25-43(39)45(42)44(40)41;1-22(2)25-10-12-27-20-36-32(16-29(27)14-25)34-18-31(24-8-6-5-7-9-24)19-35-33-17-30-15-26(23(3)4)11-13-28(30)21-37(33)39(36)38(34)35/h5-27H,1-4H3;5-23H,1-4H3. The molecule has 0 aliphatic heterocycles. The molecular formula is C82H66N2. The summed E-state index contributed by atoms with van der Waals surface area (Å²) in [6.45, 7) is 18.2. The minimum atomic E-state index is 0.499. The molecule has 0 bridgehead atoms. The molecule has 0 aliphatic carbocycles. The van der Waals surface area contributed by atoms with Gasteiger partial charge in [0.2, 0.25) is 0 Å². The number of hydrogen-bond donors (Lipinski definition) is 0. The number of rotatable bonds is 7. The van der Waals surface area contributed by atoms with E-state index in [1.807, 2.05) is 0 Å². The summed E-state index contributed by atoms with van der Waals surface area (Å²) in [5, 5.41) is 21.1. The molecule has 0 amide bonds. The van der Waals surface area contributed by atoms with Crippen molar-refractivity contribution in [1.82, 2.24) is 8.80 Å². The van der Waals surface area contributed by atoms with E-state index >= 15 is 0 Å². The van der Waals surface area contributed by atoms with Crippen molar-refractivity contribution >= 4 is 119 Å². The normalized spacial score (nSPS) is 12.5. The molecule has 0 unspecified atom stereocenters. The summed E-state index contributed by atoms with van der Waals surface area (Å²) in [4.78, 5) is 0. The van der Waals surface area contributed by atoms with Gasteiger partial charge >= 0.3 is 0 Å². The summed E-state index contributed by atoms with van der Waals surface area (Å²) >= 11 is 0. The Balaban J connectivity index is 0.000000139. The van der Waals surface area contributed by atoms with E-state index in [-0.39, 0.29) is 0 Å². The van der Waals surface area contributed by atoms with Gasteiger partial charge in [-0.3, -0.25) is 0 Å². The van der Waals surface area contributed by atoms with Crippen LogP contribution in [-0.2, 0) is 0 Å². The maximum atomic E-state index is 2.53. The molecule has 0 saturated heterocycles. The third-order valence-corrected chi connectivity index (χ3v) is 18.8. The van der Waals surface area contributed by atoms with E-state index in [2.05, 4.69) is 295 Å². The molecule has 0 atom stereocenters. The number of benzene rings is 13. The predicted molar refractivity (Wildman–Crippen MR) is 365 cm³/mol. The number of nitrogens with zero attached hydrogens (tertiary/aromatic N) is 2. The molecule has 4 heterocycles. The molecule has 0 radical (unpaired) electrons. The monoisotopic (exact) mass is 1080 g/mol. The van der Waals surface area contributed by atoms with Gasteiger partial charge in [-0.2, -0.15) is 0 Å². The molecule has 84 heavy (non-hydrogen) atoms. The maximum absolute atomic E-state index is 2.53. The Morgan fingerprint density at radius 1 is 0.202 bits per heavy atom. The summed E-state index contributed by atoms with van der Waals surface area (Å²) in [6.07, 6.45) is 0. The molecule has 2 heteroatoms. The molecule has 0 N–H and O–H groups in total. The largest absolute Gasteiger partial charge is 0.308 e. The van der Waals surface area contributed by atoms with E-state index in [1.54, 1.807) is 0 Å². The van der Waals surface area contributed by atoms with Gasteiger partial charge in [0.05, 0.1) is 33.1 Å². The number of fused-ring (bicyclic) bond motifs is 16. The van der Waals surface area contributed by atoms with Crippen LogP contribution in [0.3, 0.4) is 0 Å². The zero-order valence-electron chi connectivity index (χ0n) is 49.1. The van der Waals surface area contributed by atoms with Gasteiger partial charge in [-0.05, 0) is 195 Å². The molecule has 2 nitrogen and oxygen atoms in total. The van der Waals surface area contributed by atoms with Crippen LogP contribution in [0.5, 0.6) is 0 Å². The van der Waals surface area contributed by atoms with Gasteiger partial charge < -0.3 is 8.80 Å². The zero-order chi connectivity index (χ0) is 56.8. The number of hydrogen-bond acceptors (Lipinski definition) is 0. The highest BCUT2D eigenvalue weighted by molar-refractivity contribution is 6.28. The second-order valence-electron chi connectivity index (χ2n) is 25.3. The molecule has 17 rings (SSSR count). The Hall–Kier alpha value is -9.50. The van der Waals surface area contributed by atoms with Gasteiger partial charge in [0.15, 0.2) is 0 Å². The predicted octanol–water partition coefficient (Wildman–Crippen LogP) is 23.8. The van der Waals surface area contributed by atoms with Crippen LogP contribution in [0.4, 0.5) is 0 Å². The first kappa shape index (κ1) is 50.2. The Kier molecular flexibility index (Phi) is 11.4. The average Bonchev–Trinajstić information content (AvgIpc) is 2.18. The molecular weight excluding hydrogens is 1010 g/mol. The van der Waals surface area contributed by atoms with Gasteiger partial charge in [-0.25, -0.2) is 0 Å². The van der Waals surface area contributed by atoms with Crippen LogP contribution < -0.4 is 0 Å². The van der Waals surface area contributed by atoms with Gasteiger partial charge in [0, 0.05) is 43.1 Å². The molecule has 17 aromatic rings. The van der Waals surface area contributed by atoms with Crippen LogP contribution in [0, 0.1) is 0 Å². The second kappa shape index (κ2) is 19.0. The molecule has 0 saturated carbocycles. The highest BCUT2D eigenvalue weighted by atomic mass is 14.9. The van der Waals surface area contributed by atoms with Gasteiger partial charge in [0.25, 0.3) is 0 Å². The van der Waals surface area contributed by atoms with Crippen molar-refractivity contribution in [3.8, 4) is 33.4 Å². The molecule has 0 aliphatic rings. The zero-order valence-corrected chi connectivity index (χ0v) is 49.1. The van der Waals surface area contributed by atoms with E-state index in [0.717, 1.165) is 0 Å². The van der Waals surface area contributed by atoms with Crippen molar-refractivity contribution in [2.75, 3.05) is 0 Å². The van der Waals surface area contributed by atoms with Gasteiger partial charge in [-0.15, -0.1) is 0 Å². The van der Waals surface area contributed by atoms with Gasteiger partial charge in [0.1, 0.15) is 0 Å². The lowest BCUT2D eigenvalue weighted by Gasteiger charge is -2.09. The van der Waals surface area contributed by atoms with Crippen LogP contribution in [-0.4, -0.2) is 8.80 Å². The summed E-state index contributed by atoms with van der Waals surface area (Å²) < 4.78 is 5.05. The SMILES string of the molecule is CC(C)c1ccc2cc3c(cc2c1)c1cc(-c2ccc(-c4ccccc4)cc2)cc2c4cc5cc(C(C)C)ccc5cc4n3c12.CC(C)c1ccc2cc3c(cc2c1)c1cc(-c2ccccc2)cc2c4cc5cc(C(C)C)ccc5cc4n3c12. The Morgan fingerprint density at radius 3 is 0.726 bits per heavy atom. The molecule has 4 aromatic heterocycles. The Labute approximate surface area is 490 Å². The van der Waals surface area contributed by atoms with Crippen molar-refractivity contribution in [2.24, 2.45) is 0 Å².